The summed E-state index contributed by atoms with van der Waals surface area (Å²) in [6, 6.07) is 0.654. The maximum Gasteiger partial charge on any atom is 0.308 e. The number of carbonyl (C=O) groups is 1. The lowest BCUT2D eigenvalue weighted by atomic mass is 9.83. The Morgan fingerprint density at radius 3 is 2.68 bits per heavy atom. The Morgan fingerprint density at radius 1 is 1.16 bits per heavy atom. The number of hydrogen-bond donors (Lipinski definition) is 2. The van der Waals surface area contributed by atoms with Crippen molar-refractivity contribution in [1.29, 1.82) is 0 Å². The van der Waals surface area contributed by atoms with E-state index >= 15 is 0 Å². The molecule has 3 saturated carbocycles. The third-order valence-corrected chi connectivity index (χ3v) is 5.59. The minimum absolute atomic E-state index is 0.151. The van der Waals surface area contributed by atoms with Gasteiger partial charge in [0, 0.05) is 19.2 Å². The van der Waals surface area contributed by atoms with E-state index in [9.17, 15) is 9.90 Å². The average Bonchev–Trinajstić information content (AvgIpc) is 2.99. The third kappa shape index (κ3) is 2.52. The SMILES string of the molecule is COC1CCCC(NC2C3CCC(C3)C2C(=O)O)C1. The van der Waals surface area contributed by atoms with Crippen molar-refractivity contribution in [2.45, 2.75) is 63.1 Å². The van der Waals surface area contributed by atoms with E-state index in [0.29, 0.717) is 24.0 Å². The molecular formula is C15H25NO3. The zero-order chi connectivity index (χ0) is 13.4. The smallest absolute Gasteiger partial charge is 0.308 e. The van der Waals surface area contributed by atoms with Crippen LogP contribution < -0.4 is 5.32 Å². The minimum Gasteiger partial charge on any atom is -0.481 e. The normalized spacial score (nSPS) is 45.5. The number of ether oxygens (including phenoxy) is 1. The van der Waals surface area contributed by atoms with Crippen molar-refractivity contribution < 1.29 is 14.6 Å². The number of aliphatic carboxylic acids is 1. The first-order valence-electron chi connectivity index (χ1n) is 7.70. The fourth-order valence-corrected chi connectivity index (χ4v) is 4.67. The van der Waals surface area contributed by atoms with Crippen LogP contribution in [0.25, 0.3) is 0 Å². The zero-order valence-corrected chi connectivity index (χ0v) is 11.7. The molecule has 6 unspecified atom stereocenters. The highest BCUT2D eigenvalue weighted by molar-refractivity contribution is 5.72. The number of carboxylic acids is 1. The van der Waals surface area contributed by atoms with Crippen LogP contribution in [0.5, 0.6) is 0 Å². The highest BCUT2D eigenvalue weighted by Gasteiger charge is 2.51. The van der Waals surface area contributed by atoms with Crippen molar-refractivity contribution >= 4 is 5.97 Å². The van der Waals surface area contributed by atoms with Crippen LogP contribution in [-0.4, -0.2) is 36.4 Å². The first kappa shape index (κ1) is 13.4. The molecule has 3 aliphatic rings. The van der Waals surface area contributed by atoms with Gasteiger partial charge in [-0.2, -0.15) is 0 Å². The van der Waals surface area contributed by atoms with E-state index < -0.39 is 5.97 Å². The number of nitrogens with one attached hydrogen (secondary N) is 1. The van der Waals surface area contributed by atoms with Crippen LogP contribution in [0.4, 0.5) is 0 Å². The van der Waals surface area contributed by atoms with Gasteiger partial charge in [-0.3, -0.25) is 4.79 Å². The van der Waals surface area contributed by atoms with E-state index in [2.05, 4.69) is 5.32 Å². The van der Waals surface area contributed by atoms with Gasteiger partial charge in [-0.1, -0.05) is 0 Å². The van der Waals surface area contributed by atoms with Gasteiger partial charge in [0.05, 0.1) is 12.0 Å². The van der Waals surface area contributed by atoms with Crippen LogP contribution in [0.2, 0.25) is 0 Å². The lowest BCUT2D eigenvalue weighted by Crippen LogP contribution is -2.50. The van der Waals surface area contributed by atoms with Crippen LogP contribution >= 0.6 is 0 Å². The Kier molecular flexibility index (Phi) is 3.81. The van der Waals surface area contributed by atoms with E-state index in [0.717, 1.165) is 25.7 Å². The molecule has 108 valence electrons. The summed E-state index contributed by atoms with van der Waals surface area (Å²) in [6.07, 6.45) is 8.35. The van der Waals surface area contributed by atoms with Crippen molar-refractivity contribution in [3.8, 4) is 0 Å². The summed E-state index contributed by atoms with van der Waals surface area (Å²) in [5.41, 5.74) is 0. The third-order valence-electron chi connectivity index (χ3n) is 5.59. The lowest BCUT2D eigenvalue weighted by Gasteiger charge is -2.36. The van der Waals surface area contributed by atoms with E-state index in [-0.39, 0.29) is 12.0 Å². The number of fused-ring (bicyclic) bond motifs is 2. The highest BCUT2D eigenvalue weighted by atomic mass is 16.5. The first-order chi connectivity index (χ1) is 9.19. The van der Waals surface area contributed by atoms with E-state index in [1.807, 2.05) is 0 Å². The second-order valence-corrected chi connectivity index (χ2v) is 6.61. The monoisotopic (exact) mass is 267 g/mol. The van der Waals surface area contributed by atoms with Gasteiger partial charge in [0.1, 0.15) is 0 Å². The van der Waals surface area contributed by atoms with Crippen molar-refractivity contribution in [1.82, 2.24) is 5.32 Å². The van der Waals surface area contributed by atoms with E-state index in [1.165, 1.54) is 19.3 Å². The maximum atomic E-state index is 11.5. The van der Waals surface area contributed by atoms with E-state index in [1.54, 1.807) is 7.11 Å². The second kappa shape index (κ2) is 5.41. The van der Waals surface area contributed by atoms with Gasteiger partial charge in [0.2, 0.25) is 0 Å². The predicted molar refractivity (Wildman–Crippen MR) is 71.9 cm³/mol. The molecule has 3 rings (SSSR count). The Morgan fingerprint density at radius 2 is 1.95 bits per heavy atom. The molecule has 0 aliphatic heterocycles. The van der Waals surface area contributed by atoms with Crippen LogP contribution in [-0.2, 0) is 9.53 Å². The van der Waals surface area contributed by atoms with Crippen LogP contribution in [0.15, 0.2) is 0 Å². The molecule has 4 heteroatoms. The largest absolute Gasteiger partial charge is 0.481 e. The first-order valence-corrected chi connectivity index (χ1v) is 7.70. The summed E-state index contributed by atoms with van der Waals surface area (Å²) < 4.78 is 5.47. The molecule has 0 aromatic rings. The molecule has 0 heterocycles. The molecule has 2 bridgehead atoms. The molecule has 0 aromatic heterocycles. The van der Waals surface area contributed by atoms with Gasteiger partial charge in [0.25, 0.3) is 0 Å². The van der Waals surface area contributed by atoms with Crippen LogP contribution in [0.3, 0.4) is 0 Å². The lowest BCUT2D eigenvalue weighted by molar-refractivity contribution is -0.144. The van der Waals surface area contributed by atoms with Crippen molar-refractivity contribution in [3.63, 3.8) is 0 Å². The Balaban J connectivity index is 1.63. The van der Waals surface area contributed by atoms with Crippen molar-refractivity contribution in [2.24, 2.45) is 17.8 Å². The molecule has 3 fully saturated rings. The molecule has 0 aromatic carbocycles. The predicted octanol–water partition coefficient (Wildman–Crippen LogP) is 2.03. The summed E-state index contributed by atoms with van der Waals surface area (Å²) in [5.74, 6) is 0.265. The molecule has 0 amide bonds. The number of rotatable bonds is 4. The molecule has 4 nitrogen and oxygen atoms in total. The maximum absolute atomic E-state index is 11.5. The minimum atomic E-state index is -0.594. The fourth-order valence-electron chi connectivity index (χ4n) is 4.67. The molecule has 0 spiro atoms. The number of methoxy groups -OCH3 is 1. The van der Waals surface area contributed by atoms with E-state index in [4.69, 9.17) is 4.74 Å². The van der Waals surface area contributed by atoms with Crippen LogP contribution in [0, 0.1) is 17.8 Å². The Bertz CT molecular complexity index is 346. The van der Waals surface area contributed by atoms with Crippen LogP contribution in [0.1, 0.15) is 44.9 Å². The summed E-state index contributed by atoms with van der Waals surface area (Å²) >= 11 is 0. The molecule has 3 aliphatic carbocycles. The quantitative estimate of drug-likeness (QED) is 0.818. The van der Waals surface area contributed by atoms with Gasteiger partial charge >= 0.3 is 5.97 Å². The highest BCUT2D eigenvalue weighted by Crippen LogP contribution is 2.49. The molecule has 19 heavy (non-hydrogen) atoms. The second-order valence-electron chi connectivity index (χ2n) is 6.61. The number of hydrogen-bond acceptors (Lipinski definition) is 3. The van der Waals surface area contributed by atoms with Gasteiger partial charge in [-0.25, -0.2) is 0 Å². The molecule has 6 atom stereocenters. The fraction of sp³-hybridized carbons (Fsp3) is 0.933. The molecule has 0 saturated heterocycles. The zero-order valence-electron chi connectivity index (χ0n) is 11.7. The standard InChI is InChI=1S/C15H25NO3/c1-19-12-4-2-3-11(8-12)16-14-10-6-5-9(7-10)13(14)15(17)18/h9-14,16H,2-8H2,1H3,(H,17,18). The molecular weight excluding hydrogens is 242 g/mol. The molecule has 2 N–H and O–H groups in total. The summed E-state index contributed by atoms with van der Waals surface area (Å²) in [6.45, 7) is 0. The Labute approximate surface area is 114 Å². The number of carboxylic acid groups (broad SMARTS) is 1. The summed E-state index contributed by atoms with van der Waals surface area (Å²) in [5, 5.41) is 13.2. The van der Waals surface area contributed by atoms with Gasteiger partial charge in [-0.05, 0) is 56.8 Å². The van der Waals surface area contributed by atoms with Crippen molar-refractivity contribution in [3.05, 3.63) is 0 Å². The Hall–Kier alpha value is -0.610. The topological polar surface area (TPSA) is 58.6 Å². The average molecular weight is 267 g/mol. The van der Waals surface area contributed by atoms with Gasteiger partial charge in [0.15, 0.2) is 0 Å². The summed E-state index contributed by atoms with van der Waals surface area (Å²) in [4.78, 5) is 11.5. The van der Waals surface area contributed by atoms with Gasteiger partial charge in [-0.15, -0.1) is 0 Å². The van der Waals surface area contributed by atoms with Crippen molar-refractivity contribution in [2.75, 3.05) is 7.11 Å². The summed E-state index contributed by atoms with van der Waals surface area (Å²) in [7, 11) is 1.78. The molecule has 0 radical (unpaired) electrons. The van der Waals surface area contributed by atoms with Gasteiger partial charge < -0.3 is 15.2 Å².